The monoisotopic (exact) mass is 456 g/mol. The van der Waals surface area contributed by atoms with E-state index in [1.807, 2.05) is 13.3 Å². The number of amides is 1. The number of aromatic nitrogens is 3. The van der Waals surface area contributed by atoms with Crippen molar-refractivity contribution in [1.82, 2.24) is 19.9 Å². The van der Waals surface area contributed by atoms with Crippen LogP contribution in [0.4, 0.5) is 5.95 Å². The fraction of sp³-hybridized carbons (Fsp3) is 0.471. The normalized spacial score (nSPS) is 22.0. The van der Waals surface area contributed by atoms with E-state index >= 15 is 0 Å². The number of rotatable bonds is 9. The van der Waals surface area contributed by atoms with Gasteiger partial charge in [-0.05, 0) is 13.3 Å². The minimum absolute atomic E-state index is 0.00863. The molecule has 1 saturated heterocycles. The van der Waals surface area contributed by atoms with E-state index in [4.69, 9.17) is 25.3 Å². The van der Waals surface area contributed by atoms with Crippen LogP contribution in [-0.4, -0.2) is 52.6 Å². The van der Waals surface area contributed by atoms with Crippen LogP contribution in [-0.2, 0) is 25.1 Å². The van der Waals surface area contributed by atoms with Crippen LogP contribution in [0.3, 0.4) is 0 Å². The summed E-state index contributed by atoms with van der Waals surface area (Å²) in [5.74, 6) is -0.520. The Morgan fingerprint density at radius 1 is 1.50 bits per heavy atom. The average Bonchev–Trinajstić information content (AvgIpc) is 3.25. The molecular weight excluding hydrogens is 430 g/mol. The van der Waals surface area contributed by atoms with Crippen molar-refractivity contribution in [3.63, 3.8) is 0 Å². The molecule has 5 atom stereocenters. The van der Waals surface area contributed by atoms with Gasteiger partial charge in [0.05, 0.1) is 23.8 Å². The maximum absolute atomic E-state index is 12.6. The number of anilines is 1. The third kappa shape index (κ3) is 4.82. The van der Waals surface area contributed by atoms with Gasteiger partial charge in [0.15, 0.2) is 5.65 Å². The Morgan fingerprint density at radius 2 is 2.27 bits per heavy atom. The van der Waals surface area contributed by atoms with Gasteiger partial charge in [-0.15, -0.1) is 0 Å². The molecule has 6 N–H and O–H groups in total. The number of carbonyl (C=O) groups is 1. The van der Waals surface area contributed by atoms with E-state index in [2.05, 4.69) is 21.9 Å². The second-order valence-corrected chi connectivity index (χ2v) is 8.00. The van der Waals surface area contributed by atoms with Gasteiger partial charge in [0.1, 0.15) is 12.3 Å². The van der Waals surface area contributed by atoms with E-state index in [1.54, 1.807) is 10.8 Å². The molecule has 1 amide bonds. The van der Waals surface area contributed by atoms with Gasteiger partial charge in [-0.25, -0.2) is 0 Å². The Kier molecular flexibility index (Phi) is 7.44. The topological polar surface area (TPSA) is 160 Å². The van der Waals surface area contributed by atoms with Gasteiger partial charge in [0.25, 0.3) is 11.5 Å². The predicted molar refractivity (Wildman–Crippen MR) is 118 cm³/mol. The van der Waals surface area contributed by atoms with Gasteiger partial charge < -0.3 is 35.1 Å². The Balaban J connectivity index is 1.96. The molecule has 0 saturated carbocycles. The summed E-state index contributed by atoms with van der Waals surface area (Å²) in [6.45, 7) is 7.78. The number of hydrogen-bond donors (Lipinski definition) is 4. The van der Waals surface area contributed by atoms with E-state index in [0.29, 0.717) is 47.2 Å². The Labute approximate surface area is 176 Å². The van der Waals surface area contributed by atoms with Crippen molar-refractivity contribution >= 4 is 40.5 Å². The number of nitrogens with one attached hydrogen (secondary N) is 2. The minimum atomic E-state index is -0.511. The summed E-state index contributed by atoms with van der Waals surface area (Å²) in [5.41, 5.74) is 11.6. The first kappa shape index (κ1) is 22.7. The molecule has 0 aliphatic carbocycles. The van der Waals surface area contributed by atoms with E-state index < -0.39 is 17.7 Å². The fourth-order valence-corrected chi connectivity index (χ4v) is 4.23. The SMILES string of the molecule is C=C(N)C(=O)NCc1cn([C@H]2CC(OPC)[C@@H](COPC)O2)c2nc(N)[nH]c(=O)c12. The Morgan fingerprint density at radius 3 is 2.93 bits per heavy atom. The highest BCUT2D eigenvalue weighted by Gasteiger charge is 2.38. The smallest absolute Gasteiger partial charge is 0.266 e. The van der Waals surface area contributed by atoms with Crippen molar-refractivity contribution < 1.29 is 18.6 Å². The van der Waals surface area contributed by atoms with Crippen molar-refractivity contribution in [2.24, 2.45) is 5.73 Å². The van der Waals surface area contributed by atoms with Crippen LogP contribution >= 0.6 is 17.6 Å². The largest absolute Gasteiger partial charge is 0.395 e. The van der Waals surface area contributed by atoms with E-state index in [1.165, 1.54) is 0 Å². The van der Waals surface area contributed by atoms with Gasteiger partial charge in [0.2, 0.25) is 5.95 Å². The lowest BCUT2D eigenvalue weighted by Crippen LogP contribution is -2.27. The molecule has 3 rings (SSSR count). The molecular formula is C17H26N6O5P2. The summed E-state index contributed by atoms with van der Waals surface area (Å²) >= 11 is 0. The van der Waals surface area contributed by atoms with Crippen LogP contribution in [0.2, 0.25) is 0 Å². The quantitative estimate of drug-likeness (QED) is 0.314. The van der Waals surface area contributed by atoms with Crippen molar-refractivity contribution in [1.29, 1.82) is 0 Å². The molecule has 3 heterocycles. The molecule has 1 aliphatic heterocycles. The van der Waals surface area contributed by atoms with Crippen LogP contribution in [0.15, 0.2) is 23.3 Å². The average molecular weight is 456 g/mol. The molecule has 164 valence electrons. The molecule has 2 aromatic rings. The van der Waals surface area contributed by atoms with Crippen LogP contribution in [0.25, 0.3) is 11.0 Å². The first-order valence-electron chi connectivity index (χ1n) is 9.23. The molecule has 13 heteroatoms. The van der Waals surface area contributed by atoms with Crippen LogP contribution in [0.1, 0.15) is 18.2 Å². The maximum Gasteiger partial charge on any atom is 0.266 e. The standard InChI is InChI=1S/C17H26N6O5P2/c1-8(18)15(24)20-5-9-6-23(14-13(9)16(25)22-17(19)21-14)12-4-10(28-30-3)11(27-12)7-26-29-2/h6,10-12,29-30H,1,4-5,7,18H2,2-3H3,(H,20,24)(H3,19,21,22,25)/t10?,11-,12-/m1/s1. The number of nitrogens with two attached hydrogens (primary N) is 2. The van der Waals surface area contributed by atoms with Crippen molar-refractivity contribution in [3.8, 4) is 0 Å². The third-order valence-corrected chi connectivity index (χ3v) is 5.66. The Bertz CT molecular complexity index is 993. The van der Waals surface area contributed by atoms with Gasteiger partial charge >= 0.3 is 0 Å². The van der Waals surface area contributed by atoms with Crippen molar-refractivity contribution in [2.75, 3.05) is 25.7 Å². The molecule has 30 heavy (non-hydrogen) atoms. The summed E-state index contributed by atoms with van der Waals surface area (Å²) in [6.07, 6.45) is 1.48. The molecule has 0 radical (unpaired) electrons. The first-order valence-corrected chi connectivity index (χ1v) is 12.1. The summed E-state index contributed by atoms with van der Waals surface area (Å²) < 4.78 is 19.3. The third-order valence-electron chi connectivity index (χ3n) is 4.66. The molecule has 0 bridgehead atoms. The minimum Gasteiger partial charge on any atom is -0.395 e. The molecule has 0 aromatic carbocycles. The zero-order valence-corrected chi connectivity index (χ0v) is 18.7. The van der Waals surface area contributed by atoms with Gasteiger partial charge in [-0.1, -0.05) is 6.58 Å². The summed E-state index contributed by atoms with van der Waals surface area (Å²) in [5, 5.41) is 2.95. The molecule has 0 spiro atoms. The van der Waals surface area contributed by atoms with Crippen LogP contribution in [0, 0.1) is 0 Å². The molecule has 2 aromatic heterocycles. The molecule has 11 nitrogen and oxygen atoms in total. The predicted octanol–water partition coefficient (Wildman–Crippen LogP) is 0.531. The zero-order chi connectivity index (χ0) is 21.8. The Hall–Kier alpha value is -2.03. The number of nitrogens with zero attached hydrogens (tertiary/aromatic N) is 2. The number of H-pyrrole nitrogens is 1. The lowest BCUT2D eigenvalue weighted by atomic mass is 10.2. The van der Waals surface area contributed by atoms with Crippen LogP contribution in [0.5, 0.6) is 0 Å². The van der Waals surface area contributed by atoms with Gasteiger partial charge in [-0.2, -0.15) is 4.98 Å². The van der Waals surface area contributed by atoms with E-state index in [-0.39, 0.29) is 30.4 Å². The molecule has 1 aliphatic rings. The summed E-state index contributed by atoms with van der Waals surface area (Å²) in [7, 11) is 0.649. The van der Waals surface area contributed by atoms with Crippen LogP contribution < -0.4 is 22.3 Å². The zero-order valence-electron chi connectivity index (χ0n) is 16.7. The maximum atomic E-state index is 12.6. The van der Waals surface area contributed by atoms with Gasteiger partial charge in [0, 0.05) is 42.3 Å². The highest BCUT2D eigenvalue weighted by atomic mass is 31.1. The molecule has 1 fully saturated rings. The van der Waals surface area contributed by atoms with Crippen molar-refractivity contribution in [2.45, 2.75) is 31.4 Å². The summed E-state index contributed by atoms with van der Waals surface area (Å²) in [6, 6.07) is 0. The highest BCUT2D eigenvalue weighted by molar-refractivity contribution is 7.31. The highest BCUT2D eigenvalue weighted by Crippen LogP contribution is 2.36. The summed E-state index contributed by atoms with van der Waals surface area (Å²) in [4.78, 5) is 31.2. The molecule has 3 unspecified atom stereocenters. The van der Waals surface area contributed by atoms with E-state index in [9.17, 15) is 9.59 Å². The van der Waals surface area contributed by atoms with E-state index in [0.717, 1.165) is 0 Å². The second kappa shape index (κ2) is 9.85. The van der Waals surface area contributed by atoms with Crippen molar-refractivity contribution in [3.05, 3.63) is 34.4 Å². The number of hydrogen-bond acceptors (Lipinski definition) is 8. The van der Waals surface area contributed by atoms with Gasteiger partial charge in [-0.3, -0.25) is 14.6 Å². The number of aromatic amines is 1. The lowest BCUT2D eigenvalue weighted by Gasteiger charge is -2.17. The number of ether oxygens (including phenoxy) is 1. The fourth-order valence-electron chi connectivity index (χ4n) is 3.35. The second-order valence-electron chi connectivity index (χ2n) is 6.66. The number of nitrogen functional groups attached to an aromatic ring is 1. The number of fused-ring (bicyclic) bond motifs is 1. The number of carbonyl (C=O) groups excluding carboxylic acids is 1. The lowest BCUT2D eigenvalue weighted by molar-refractivity contribution is -0.117. The first-order chi connectivity index (χ1) is 14.3.